The first kappa shape index (κ1) is 11.8. The van der Waals surface area contributed by atoms with Crippen molar-refractivity contribution in [1.82, 2.24) is 9.47 Å². The monoisotopic (exact) mass is 244 g/mol. The quantitative estimate of drug-likeness (QED) is 0.806. The molecule has 1 saturated heterocycles. The molecule has 3 nitrogen and oxygen atoms in total. The van der Waals surface area contributed by atoms with Gasteiger partial charge in [0.2, 0.25) is 0 Å². The van der Waals surface area contributed by atoms with Crippen LogP contribution in [0.3, 0.4) is 0 Å². The Labute approximate surface area is 108 Å². The van der Waals surface area contributed by atoms with Crippen molar-refractivity contribution in [2.24, 2.45) is 7.05 Å². The molecule has 0 amide bonds. The summed E-state index contributed by atoms with van der Waals surface area (Å²) in [6.45, 7) is 6.98. The van der Waals surface area contributed by atoms with Gasteiger partial charge in [-0.2, -0.15) is 0 Å². The predicted molar refractivity (Wildman–Crippen MR) is 73.8 cm³/mol. The second-order valence-corrected chi connectivity index (χ2v) is 5.15. The highest BCUT2D eigenvalue weighted by molar-refractivity contribution is 5.82. The summed E-state index contributed by atoms with van der Waals surface area (Å²) in [6.07, 6.45) is 0. The molecule has 0 atom stereocenters. The number of rotatable bonds is 2. The maximum atomic E-state index is 5.39. The van der Waals surface area contributed by atoms with Crippen molar-refractivity contribution in [2.75, 3.05) is 26.3 Å². The summed E-state index contributed by atoms with van der Waals surface area (Å²) in [5.74, 6) is 0. The largest absolute Gasteiger partial charge is 0.379 e. The number of morpholine rings is 1. The van der Waals surface area contributed by atoms with Gasteiger partial charge < -0.3 is 9.30 Å². The molecule has 0 spiro atoms. The van der Waals surface area contributed by atoms with Gasteiger partial charge in [0, 0.05) is 43.3 Å². The lowest BCUT2D eigenvalue weighted by molar-refractivity contribution is 0.0333. The zero-order chi connectivity index (χ0) is 12.5. The van der Waals surface area contributed by atoms with Gasteiger partial charge in [0.25, 0.3) is 0 Å². The van der Waals surface area contributed by atoms with Crippen LogP contribution in [0.15, 0.2) is 24.3 Å². The van der Waals surface area contributed by atoms with E-state index in [0.29, 0.717) is 0 Å². The van der Waals surface area contributed by atoms with E-state index in [0.717, 1.165) is 32.8 Å². The maximum absolute atomic E-state index is 5.39. The van der Waals surface area contributed by atoms with E-state index in [1.165, 1.54) is 22.2 Å². The summed E-state index contributed by atoms with van der Waals surface area (Å²) in [6, 6.07) is 8.98. The lowest BCUT2D eigenvalue weighted by Crippen LogP contribution is -2.36. The third kappa shape index (κ3) is 2.16. The van der Waals surface area contributed by atoms with Gasteiger partial charge in [-0.05, 0) is 25.1 Å². The Morgan fingerprint density at radius 1 is 1.17 bits per heavy atom. The number of hydrogen-bond donors (Lipinski definition) is 0. The van der Waals surface area contributed by atoms with E-state index < -0.39 is 0 Å². The Hall–Kier alpha value is -1.32. The van der Waals surface area contributed by atoms with Crippen molar-refractivity contribution in [3.8, 4) is 0 Å². The molecule has 0 N–H and O–H groups in total. The van der Waals surface area contributed by atoms with Crippen molar-refractivity contribution in [3.05, 3.63) is 35.5 Å². The molecule has 3 rings (SSSR count). The fourth-order valence-electron chi connectivity index (χ4n) is 2.67. The first-order chi connectivity index (χ1) is 8.74. The van der Waals surface area contributed by atoms with Crippen molar-refractivity contribution in [1.29, 1.82) is 0 Å². The second kappa shape index (κ2) is 4.75. The van der Waals surface area contributed by atoms with E-state index >= 15 is 0 Å². The molecule has 3 heteroatoms. The molecule has 18 heavy (non-hydrogen) atoms. The summed E-state index contributed by atoms with van der Waals surface area (Å²) in [5, 5.41) is 1.35. The van der Waals surface area contributed by atoms with Crippen LogP contribution >= 0.6 is 0 Å². The van der Waals surface area contributed by atoms with E-state index in [1.54, 1.807) is 0 Å². The lowest BCUT2D eigenvalue weighted by atomic mass is 10.2. The maximum Gasteiger partial charge on any atom is 0.0594 e. The van der Waals surface area contributed by atoms with Crippen LogP contribution in [0, 0.1) is 6.92 Å². The molecule has 1 aromatic heterocycles. The zero-order valence-electron chi connectivity index (χ0n) is 11.1. The molecule has 0 aliphatic carbocycles. The molecule has 1 aliphatic heterocycles. The van der Waals surface area contributed by atoms with Gasteiger partial charge in [-0.25, -0.2) is 0 Å². The highest BCUT2D eigenvalue weighted by atomic mass is 16.5. The second-order valence-electron chi connectivity index (χ2n) is 5.15. The molecule has 1 fully saturated rings. The number of nitrogens with zero attached hydrogens (tertiary/aromatic N) is 2. The molecular formula is C15H20N2O. The summed E-state index contributed by atoms with van der Waals surface area (Å²) < 4.78 is 7.70. The Bertz CT molecular complexity index is 553. The minimum absolute atomic E-state index is 0.864. The van der Waals surface area contributed by atoms with Crippen LogP contribution in [0.1, 0.15) is 11.3 Å². The normalized spacial score (nSPS) is 17.4. The standard InChI is InChI=1S/C15H20N2O/c1-12-3-4-15-13(9-12)10-14(16(15)2)11-17-5-7-18-8-6-17/h3-4,9-10H,5-8,11H2,1-2H3. The Morgan fingerprint density at radius 2 is 1.94 bits per heavy atom. The van der Waals surface area contributed by atoms with Crippen LogP contribution in [0.5, 0.6) is 0 Å². The minimum Gasteiger partial charge on any atom is -0.379 e. The molecule has 0 unspecified atom stereocenters. The van der Waals surface area contributed by atoms with E-state index in [9.17, 15) is 0 Å². The van der Waals surface area contributed by atoms with Crippen molar-refractivity contribution < 1.29 is 4.74 Å². The van der Waals surface area contributed by atoms with Gasteiger partial charge in [0.05, 0.1) is 13.2 Å². The number of benzene rings is 1. The molecule has 0 bridgehead atoms. The van der Waals surface area contributed by atoms with Crippen LogP contribution in [0.25, 0.3) is 10.9 Å². The fourth-order valence-corrected chi connectivity index (χ4v) is 2.67. The highest BCUT2D eigenvalue weighted by Gasteiger charge is 2.13. The van der Waals surface area contributed by atoms with Gasteiger partial charge >= 0.3 is 0 Å². The van der Waals surface area contributed by atoms with Crippen molar-refractivity contribution in [2.45, 2.75) is 13.5 Å². The highest BCUT2D eigenvalue weighted by Crippen LogP contribution is 2.21. The minimum atomic E-state index is 0.864. The molecule has 0 radical (unpaired) electrons. The molecule has 0 saturated carbocycles. The van der Waals surface area contributed by atoms with E-state index in [1.807, 2.05) is 0 Å². The third-order valence-electron chi connectivity index (χ3n) is 3.79. The van der Waals surface area contributed by atoms with Crippen molar-refractivity contribution >= 4 is 10.9 Å². The number of aromatic nitrogens is 1. The smallest absolute Gasteiger partial charge is 0.0594 e. The Kier molecular flexibility index (Phi) is 3.10. The molecule has 1 aromatic carbocycles. The van der Waals surface area contributed by atoms with Crippen molar-refractivity contribution in [3.63, 3.8) is 0 Å². The van der Waals surface area contributed by atoms with Crippen LogP contribution in [0.4, 0.5) is 0 Å². The number of ether oxygens (including phenoxy) is 1. The number of aryl methyl sites for hydroxylation is 2. The number of hydrogen-bond acceptors (Lipinski definition) is 2. The Balaban J connectivity index is 1.89. The van der Waals surface area contributed by atoms with E-state index in [-0.39, 0.29) is 0 Å². The third-order valence-corrected chi connectivity index (χ3v) is 3.79. The summed E-state index contributed by atoms with van der Waals surface area (Å²) in [4.78, 5) is 2.46. The SMILES string of the molecule is Cc1ccc2c(c1)cc(CN1CCOCC1)n2C. The van der Waals surface area contributed by atoms with Gasteiger partial charge in [-0.3, -0.25) is 4.90 Å². The zero-order valence-corrected chi connectivity index (χ0v) is 11.1. The van der Waals surface area contributed by atoms with Crippen LogP contribution in [-0.4, -0.2) is 35.8 Å². The predicted octanol–water partition coefficient (Wildman–Crippen LogP) is 2.32. The molecular weight excluding hydrogens is 224 g/mol. The van der Waals surface area contributed by atoms with Gasteiger partial charge in [-0.15, -0.1) is 0 Å². The average molecular weight is 244 g/mol. The summed E-state index contributed by atoms with van der Waals surface area (Å²) >= 11 is 0. The molecule has 2 aromatic rings. The lowest BCUT2D eigenvalue weighted by Gasteiger charge is -2.26. The van der Waals surface area contributed by atoms with Gasteiger partial charge in [0.15, 0.2) is 0 Å². The summed E-state index contributed by atoms with van der Waals surface area (Å²) in [5.41, 5.74) is 4.03. The molecule has 2 heterocycles. The van der Waals surface area contributed by atoms with E-state index in [2.05, 4.69) is 47.7 Å². The van der Waals surface area contributed by atoms with Crippen LogP contribution < -0.4 is 0 Å². The van der Waals surface area contributed by atoms with E-state index in [4.69, 9.17) is 4.74 Å². The van der Waals surface area contributed by atoms with Crippen LogP contribution in [-0.2, 0) is 18.3 Å². The van der Waals surface area contributed by atoms with Gasteiger partial charge in [0.1, 0.15) is 0 Å². The molecule has 1 aliphatic rings. The average Bonchev–Trinajstić information content (AvgIpc) is 2.67. The Morgan fingerprint density at radius 3 is 2.72 bits per heavy atom. The first-order valence-electron chi connectivity index (χ1n) is 6.59. The summed E-state index contributed by atoms with van der Waals surface area (Å²) in [7, 11) is 2.16. The fraction of sp³-hybridized carbons (Fsp3) is 0.467. The topological polar surface area (TPSA) is 17.4 Å². The number of fused-ring (bicyclic) bond motifs is 1. The molecule has 96 valence electrons. The van der Waals surface area contributed by atoms with Crippen LogP contribution in [0.2, 0.25) is 0 Å². The first-order valence-corrected chi connectivity index (χ1v) is 6.59. The van der Waals surface area contributed by atoms with Gasteiger partial charge in [-0.1, -0.05) is 11.6 Å².